The summed E-state index contributed by atoms with van der Waals surface area (Å²) in [7, 11) is 1.30. The first-order valence-electron chi connectivity index (χ1n) is 4.31. The SMILES string of the molecule is COC(=O)C(N)Cc1cc(Cl)cc(Cl)c1. The van der Waals surface area contributed by atoms with Crippen LogP contribution in [0.2, 0.25) is 10.0 Å². The van der Waals surface area contributed by atoms with Crippen LogP contribution in [0.25, 0.3) is 0 Å². The fourth-order valence-corrected chi connectivity index (χ4v) is 1.79. The molecule has 1 rings (SSSR count). The molecule has 1 aromatic carbocycles. The third-order valence-corrected chi connectivity index (χ3v) is 2.32. The molecule has 0 spiro atoms. The maximum atomic E-state index is 11.1. The van der Waals surface area contributed by atoms with Gasteiger partial charge in [0.05, 0.1) is 7.11 Å². The predicted octanol–water partition coefficient (Wildman–Crippen LogP) is 2.04. The van der Waals surface area contributed by atoms with E-state index in [2.05, 4.69) is 4.74 Å². The molecule has 3 nitrogen and oxygen atoms in total. The average Bonchev–Trinajstić information content (AvgIpc) is 2.14. The van der Waals surface area contributed by atoms with Crippen molar-refractivity contribution in [2.45, 2.75) is 12.5 Å². The van der Waals surface area contributed by atoms with Crippen LogP contribution in [0.5, 0.6) is 0 Å². The molecule has 0 bridgehead atoms. The summed E-state index contributed by atoms with van der Waals surface area (Å²) in [6, 6.07) is 4.37. The van der Waals surface area contributed by atoms with E-state index in [1.807, 2.05) is 0 Å². The largest absolute Gasteiger partial charge is 0.468 e. The van der Waals surface area contributed by atoms with E-state index in [0.29, 0.717) is 16.5 Å². The highest BCUT2D eigenvalue weighted by molar-refractivity contribution is 6.34. The van der Waals surface area contributed by atoms with Crippen LogP contribution in [0.1, 0.15) is 5.56 Å². The molecular formula is C10H11Cl2NO2. The van der Waals surface area contributed by atoms with E-state index in [-0.39, 0.29) is 0 Å². The van der Waals surface area contributed by atoms with E-state index in [4.69, 9.17) is 28.9 Å². The Balaban J connectivity index is 2.76. The number of hydrogen-bond donors (Lipinski definition) is 1. The van der Waals surface area contributed by atoms with Crippen molar-refractivity contribution >= 4 is 29.2 Å². The first kappa shape index (κ1) is 12.3. The molecular weight excluding hydrogens is 237 g/mol. The molecule has 1 atom stereocenters. The van der Waals surface area contributed by atoms with Gasteiger partial charge in [-0.1, -0.05) is 23.2 Å². The van der Waals surface area contributed by atoms with Gasteiger partial charge < -0.3 is 10.5 Å². The predicted molar refractivity (Wildman–Crippen MR) is 60.2 cm³/mol. The second-order valence-corrected chi connectivity index (χ2v) is 3.98. The minimum atomic E-state index is -0.690. The fraction of sp³-hybridized carbons (Fsp3) is 0.300. The third kappa shape index (κ3) is 3.70. The van der Waals surface area contributed by atoms with Gasteiger partial charge in [0, 0.05) is 10.0 Å². The standard InChI is InChI=1S/C10H11Cl2NO2/c1-15-10(14)9(13)4-6-2-7(11)5-8(12)3-6/h2-3,5,9H,4,13H2,1H3. The smallest absolute Gasteiger partial charge is 0.322 e. The zero-order valence-electron chi connectivity index (χ0n) is 8.17. The Morgan fingerprint density at radius 3 is 2.40 bits per heavy atom. The minimum Gasteiger partial charge on any atom is -0.468 e. The number of carbonyl (C=O) groups is 1. The summed E-state index contributed by atoms with van der Waals surface area (Å²) in [4.78, 5) is 11.1. The maximum Gasteiger partial charge on any atom is 0.322 e. The summed E-state index contributed by atoms with van der Waals surface area (Å²) >= 11 is 11.6. The first-order chi connectivity index (χ1) is 7.02. The lowest BCUT2D eigenvalue weighted by Gasteiger charge is -2.09. The van der Waals surface area contributed by atoms with Crippen LogP contribution in [0, 0.1) is 0 Å². The Kier molecular flexibility index (Phi) is 4.39. The molecule has 0 amide bonds. The summed E-state index contributed by atoms with van der Waals surface area (Å²) in [6.45, 7) is 0. The Morgan fingerprint density at radius 1 is 1.40 bits per heavy atom. The Morgan fingerprint density at radius 2 is 1.93 bits per heavy atom. The monoisotopic (exact) mass is 247 g/mol. The molecule has 15 heavy (non-hydrogen) atoms. The number of halogens is 2. The second-order valence-electron chi connectivity index (χ2n) is 3.11. The van der Waals surface area contributed by atoms with Crippen molar-refractivity contribution in [3.8, 4) is 0 Å². The molecule has 2 N–H and O–H groups in total. The number of carbonyl (C=O) groups excluding carboxylic acids is 1. The highest BCUT2D eigenvalue weighted by atomic mass is 35.5. The van der Waals surface area contributed by atoms with Crippen molar-refractivity contribution in [3.63, 3.8) is 0 Å². The fourth-order valence-electron chi connectivity index (χ4n) is 1.22. The normalized spacial score (nSPS) is 12.3. The molecule has 0 saturated heterocycles. The van der Waals surface area contributed by atoms with Crippen LogP contribution in [0.3, 0.4) is 0 Å². The van der Waals surface area contributed by atoms with E-state index < -0.39 is 12.0 Å². The van der Waals surface area contributed by atoms with Gasteiger partial charge in [-0.25, -0.2) is 0 Å². The zero-order chi connectivity index (χ0) is 11.4. The topological polar surface area (TPSA) is 52.3 Å². The lowest BCUT2D eigenvalue weighted by atomic mass is 10.1. The van der Waals surface area contributed by atoms with Crippen molar-refractivity contribution in [1.29, 1.82) is 0 Å². The second kappa shape index (κ2) is 5.35. The molecule has 0 aliphatic carbocycles. The van der Waals surface area contributed by atoms with Crippen LogP contribution >= 0.6 is 23.2 Å². The molecule has 0 fully saturated rings. The molecule has 1 unspecified atom stereocenters. The van der Waals surface area contributed by atoms with Gasteiger partial charge in [-0.2, -0.15) is 0 Å². The van der Waals surface area contributed by atoms with Gasteiger partial charge in [-0.05, 0) is 30.2 Å². The summed E-state index contributed by atoms with van der Waals surface area (Å²) in [5.41, 5.74) is 6.41. The maximum absolute atomic E-state index is 11.1. The summed E-state index contributed by atoms with van der Waals surface area (Å²) in [5.74, 6) is -0.453. The minimum absolute atomic E-state index is 0.354. The average molecular weight is 248 g/mol. The van der Waals surface area contributed by atoms with Crippen LogP contribution in [-0.2, 0) is 16.0 Å². The van der Waals surface area contributed by atoms with Gasteiger partial charge in [0.15, 0.2) is 0 Å². The molecule has 0 saturated carbocycles. The van der Waals surface area contributed by atoms with Crippen LogP contribution in [0.15, 0.2) is 18.2 Å². The molecule has 1 aromatic rings. The van der Waals surface area contributed by atoms with E-state index >= 15 is 0 Å². The summed E-state index contributed by atoms with van der Waals surface area (Å²) in [6.07, 6.45) is 0.354. The number of ether oxygens (including phenoxy) is 1. The number of nitrogens with two attached hydrogens (primary N) is 1. The van der Waals surface area contributed by atoms with Crippen molar-refractivity contribution in [2.24, 2.45) is 5.73 Å². The highest BCUT2D eigenvalue weighted by Gasteiger charge is 2.14. The highest BCUT2D eigenvalue weighted by Crippen LogP contribution is 2.19. The molecule has 0 radical (unpaired) electrons. The van der Waals surface area contributed by atoms with Gasteiger partial charge in [-0.3, -0.25) is 4.79 Å². The quantitative estimate of drug-likeness (QED) is 0.832. The van der Waals surface area contributed by atoms with Crippen LogP contribution in [-0.4, -0.2) is 19.1 Å². The van der Waals surface area contributed by atoms with E-state index in [1.165, 1.54) is 7.11 Å². The van der Waals surface area contributed by atoms with Crippen LogP contribution in [0.4, 0.5) is 0 Å². The number of methoxy groups -OCH3 is 1. The van der Waals surface area contributed by atoms with Gasteiger partial charge in [0.25, 0.3) is 0 Å². The van der Waals surface area contributed by atoms with E-state index in [1.54, 1.807) is 18.2 Å². The van der Waals surface area contributed by atoms with Crippen molar-refractivity contribution < 1.29 is 9.53 Å². The summed E-state index contributed by atoms with van der Waals surface area (Å²) in [5, 5.41) is 1.05. The molecule has 0 aliphatic rings. The number of hydrogen-bond acceptors (Lipinski definition) is 3. The number of rotatable bonds is 3. The molecule has 5 heteroatoms. The first-order valence-corrected chi connectivity index (χ1v) is 5.07. The van der Waals surface area contributed by atoms with E-state index in [0.717, 1.165) is 5.56 Å². The molecule has 0 heterocycles. The van der Waals surface area contributed by atoms with Crippen molar-refractivity contribution in [2.75, 3.05) is 7.11 Å². The van der Waals surface area contributed by atoms with E-state index in [9.17, 15) is 4.79 Å². The molecule has 0 aliphatic heterocycles. The number of esters is 1. The van der Waals surface area contributed by atoms with Gasteiger partial charge in [0.1, 0.15) is 6.04 Å². The van der Waals surface area contributed by atoms with Gasteiger partial charge >= 0.3 is 5.97 Å². The van der Waals surface area contributed by atoms with Crippen molar-refractivity contribution in [3.05, 3.63) is 33.8 Å². The van der Waals surface area contributed by atoms with Crippen molar-refractivity contribution in [1.82, 2.24) is 0 Å². The lowest BCUT2D eigenvalue weighted by molar-refractivity contribution is -0.142. The Bertz CT molecular complexity index is 348. The van der Waals surface area contributed by atoms with Crippen LogP contribution < -0.4 is 5.73 Å². The number of benzene rings is 1. The van der Waals surface area contributed by atoms with Gasteiger partial charge in [0.2, 0.25) is 0 Å². The molecule has 82 valence electrons. The Labute approximate surface area is 98.1 Å². The zero-order valence-corrected chi connectivity index (χ0v) is 9.68. The third-order valence-electron chi connectivity index (χ3n) is 1.88. The molecule has 0 aromatic heterocycles. The lowest BCUT2D eigenvalue weighted by Crippen LogP contribution is -2.33. The Hall–Kier alpha value is -0.770. The van der Waals surface area contributed by atoms with Gasteiger partial charge in [-0.15, -0.1) is 0 Å². The summed E-state index contributed by atoms with van der Waals surface area (Å²) < 4.78 is 4.51.